The second-order valence-electron chi connectivity index (χ2n) is 5.23. The second kappa shape index (κ2) is 5.47. The molecule has 1 amide bonds. The largest absolute Gasteiger partial charge is 0.449 e. The third-order valence-electron chi connectivity index (χ3n) is 3.85. The fourth-order valence-electron chi connectivity index (χ4n) is 2.66. The molecule has 2 heterocycles. The fraction of sp³-hybridized carbons (Fsp3) is 0.571. The number of hydrogen-bond donors (Lipinski definition) is 1. The van der Waals surface area contributed by atoms with Crippen LogP contribution in [0.15, 0.2) is 18.5 Å². The number of carbonyl (C=O) groups is 1. The van der Waals surface area contributed by atoms with Crippen molar-refractivity contribution in [2.24, 2.45) is 5.92 Å². The molecule has 0 radical (unpaired) electrons. The number of hydrogen-bond acceptors (Lipinski definition) is 3. The van der Waals surface area contributed by atoms with Crippen molar-refractivity contribution in [1.29, 1.82) is 0 Å². The maximum atomic E-state index is 12.0. The van der Waals surface area contributed by atoms with Crippen LogP contribution in [0.25, 0.3) is 0 Å². The predicted molar refractivity (Wildman–Crippen MR) is 70.5 cm³/mol. The molecule has 0 fully saturated rings. The van der Waals surface area contributed by atoms with Crippen molar-refractivity contribution in [2.45, 2.75) is 32.2 Å². The van der Waals surface area contributed by atoms with Crippen LogP contribution in [0, 0.1) is 5.92 Å². The zero-order valence-corrected chi connectivity index (χ0v) is 11.0. The Hall–Kier alpha value is -1.78. The molecule has 19 heavy (non-hydrogen) atoms. The van der Waals surface area contributed by atoms with Gasteiger partial charge >= 0.3 is 6.09 Å². The Labute approximate surface area is 112 Å². The molecular weight excluding hydrogens is 242 g/mol. The van der Waals surface area contributed by atoms with Crippen LogP contribution in [0.3, 0.4) is 0 Å². The van der Waals surface area contributed by atoms with Gasteiger partial charge in [0.15, 0.2) is 0 Å². The number of amides is 1. The van der Waals surface area contributed by atoms with Crippen LogP contribution >= 0.6 is 0 Å². The third kappa shape index (κ3) is 2.80. The molecule has 102 valence electrons. The number of ether oxygens (including phenoxy) is 1. The molecule has 0 saturated carbocycles. The Morgan fingerprint density at radius 3 is 3.32 bits per heavy atom. The minimum absolute atomic E-state index is 0.199. The maximum absolute atomic E-state index is 12.0. The number of rotatable bonds is 2. The number of nitrogens with one attached hydrogen (secondary N) is 1. The molecular formula is C14H19N3O2. The monoisotopic (exact) mass is 261 g/mol. The van der Waals surface area contributed by atoms with Gasteiger partial charge in [-0.25, -0.2) is 9.78 Å². The molecule has 1 aromatic heterocycles. The van der Waals surface area contributed by atoms with E-state index >= 15 is 0 Å². The molecule has 5 nitrogen and oxygen atoms in total. The summed E-state index contributed by atoms with van der Waals surface area (Å²) in [6.45, 7) is 1.81. The van der Waals surface area contributed by atoms with E-state index in [1.54, 1.807) is 11.2 Å². The van der Waals surface area contributed by atoms with Crippen molar-refractivity contribution in [2.75, 3.05) is 13.2 Å². The smallest absolute Gasteiger partial charge is 0.410 e. The summed E-state index contributed by atoms with van der Waals surface area (Å²) in [5.74, 6) is 0.487. The summed E-state index contributed by atoms with van der Waals surface area (Å²) in [5, 5.41) is 0. The van der Waals surface area contributed by atoms with Gasteiger partial charge in [-0.1, -0.05) is 12.2 Å². The van der Waals surface area contributed by atoms with Gasteiger partial charge in [-0.2, -0.15) is 0 Å². The first-order valence-corrected chi connectivity index (χ1v) is 6.91. The normalized spacial score (nSPS) is 22.1. The highest BCUT2D eigenvalue weighted by atomic mass is 16.6. The highest BCUT2D eigenvalue weighted by Crippen LogP contribution is 2.20. The Morgan fingerprint density at radius 1 is 1.53 bits per heavy atom. The Kier molecular flexibility index (Phi) is 3.53. The van der Waals surface area contributed by atoms with Crippen molar-refractivity contribution in [3.05, 3.63) is 29.9 Å². The molecule has 3 rings (SSSR count). The van der Waals surface area contributed by atoms with Gasteiger partial charge in [0.2, 0.25) is 0 Å². The van der Waals surface area contributed by atoms with E-state index in [9.17, 15) is 4.79 Å². The van der Waals surface area contributed by atoms with Crippen molar-refractivity contribution < 1.29 is 9.53 Å². The molecule has 1 atom stereocenters. The van der Waals surface area contributed by atoms with Crippen LogP contribution in [0.5, 0.6) is 0 Å². The number of aromatic nitrogens is 2. The van der Waals surface area contributed by atoms with Gasteiger partial charge in [0.05, 0.1) is 30.9 Å². The zero-order valence-electron chi connectivity index (χ0n) is 11.0. The first-order valence-electron chi connectivity index (χ1n) is 6.91. The number of carbonyl (C=O) groups excluding carboxylic acids is 1. The molecule has 0 aromatic carbocycles. The number of imidazole rings is 1. The highest BCUT2D eigenvalue weighted by Gasteiger charge is 2.24. The molecule has 1 aromatic rings. The average Bonchev–Trinajstić information content (AvgIpc) is 2.93. The van der Waals surface area contributed by atoms with E-state index < -0.39 is 0 Å². The second-order valence-corrected chi connectivity index (χ2v) is 5.23. The van der Waals surface area contributed by atoms with Crippen LogP contribution in [0.2, 0.25) is 0 Å². The lowest BCUT2D eigenvalue weighted by Gasteiger charge is -2.26. The number of allylic oxidation sites excluding steroid dienone is 2. The Bertz CT molecular complexity index is 481. The van der Waals surface area contributed by atoms with Crippen LogP contribution in [-0.2, 0) is 17.7 Å². The summed E-state index contributed by atoms with van der Waals surface area (Å²) in [6.07, 6.45) is 9.92. The number of H-pyrrole nitrogens is 1. The van der Waals surface area contributed by atoms with Crippen LogP contribution < -0.4 is 0 Å². The minimum atomic E-state index is -0.199. The molecule has 0 spiro atoms. The third-order valence-corrected chi connectivity index (χ3v) is 3.85. The lowest BCUT2D eigenvalue weighted by molar-refractivity contribution is 0.0813. The molecule has 1 unspecified atom stereocenters. The summed E-state index contributed by atoms with van der Waals surface area (Å²) in [4.78, 5) is 21.1. The Morgan fingerprint density at radius 2 is 2.47 bits per heavy atom. The van der Waals surface area contributed by atoms with Crippen molar-refractivity contribution in [3.8, 4) is 0 Å². The lowest BCUT2D eigenvalue weighted by Crippen LogP contribution is -2.37. The van der Waals surface area contributed by atoms with Crippen molar-refractivity contribution >= 4 is 6.09 Å². The SMILES string of the molecule is O=C(OCC1CC=CCC1)N1CCc2nc[nH]c2C1. The Balaban J connectivity index is 1.50. The summed E-state index contributed by atoms with van der Waals surface area (Å²) < 4.78 is 5.43. The van der Waals surface area contributed by atoms with Gasteiger partial charge in [0, 0.05) is 13.0 Å². The minimum Gasteiger partial charge on any atom is -0.449 e. The van der Waals surface area contributed by atoms with Gasteiger partial charge in [-0.3, -0.25) is 0 Å². The van der Waals surface area contributed by atoms with Crippen LogP contribution in [0.4, 0.5) is 4.79 Å². The first-order chi connectivity index (χ1) is 9.33. The van der Waals surface area contributed by atoms with E-state index in [1.165, 1.54) is 0 Å². The molecule has 0 bridgehead atoms. The number of aromatic amines is 1. The molecule has 1 aliphatic carbocycles. The van der Waals surface area contributed by atoms with E-state index in [1.807, 2.05) is 0 Å². The highest BCUT2D eigenvalue weighted by molar-refractivity contribution is 5.68. The predicted octanol–water partition coefficient (Wildman–Crippen LogP) is 2.26. The van der Waals surface area contributed by atoms with Crippen LogP contribution in [0.1, 0.15) is 30.7 Å². The van der Waals surface area contributed by atoms with Crippen LogP contribution in [-0.4, -0.2) is 34.1 Å². The number of nitrogens with zero attached hydrogens (tertiary/aromatic N) is 2. The first kappa shape index (κ1) is 12.3. The standard InChI is InChI=1S/C14H19N3O2/c18-14(19-9-11-4-2-1-3-5-11)17-7-6-12-13(8-17)16-10-15-12/h1-2,10-11H,3-9H2,(H,15,16). The lowest BCUT2D eigenvalue weighted by atomic mass is 9.95. The summed E-state index contributed by atoms with van der Waals surface area (Å²) in [7, 11) is 0. The quantitative estimate of drug-likeness (QED) is 0.831. The summed E-state index contributed by atoms with van der Waals surface area (Å²) >= 11 is 0. The summed E-state index contributed by atoms with van der Waals surface area (Å²) in [6, 6.07) is 0. The fourth-order valence-corrected chi connectivity index (χ4v) is 2.66. The van der Waals surface area contributed by atoms with E-state index in [0.717, 1.165) is 37.1 Å². The van der Waals surface area contributed by atoms with Crippen molar-refractivity contribution in [1.82, 2.24) is 14.9 Å². The van der Waals surface area contributed by atoms with Gasteiger partial charge in [-0.15, -0.1) is 0 Å². The molecule has 1 aliphatic heterocycles. The number of fused-ring (bicyclic) bond motifs is 1. The van der Waals surface area contributed by atoms with Crippen molar-refractivity contribution in [3.63, 3.8) is 0 Å². The maximum Gasteiger partial charge on any atom is 0.410 e. The molecule has 2 aliphatic rings. The van der Waals surface area contributed by atoms with Gasteiger partial charge in [0.25, 0.3) is 0 Å². The average molecular weight is 261 g/mol. The van der Waals surface area contributed by atoms with Gasteiger partial charge < -0.3 is 14.6 Å². The molecule has 5 heteroatoms. The molecule has 1 N–H and O–H groups in total. The topological polar surface area (TPSA) is 58.2 Å². The van der Waals surface area contributed by atoms with E-state index in [0.29, 0.717) is 25.6 Å². The van der Waals surface area contributed by atoms with E-state index in [2.05, 4.69) is 22.1 Å². The van der Waals surface area contributed by atoms with E-state index in [4.69, 9.17) is 4.74 Å². The van der Waals surface area contributed by atoms with Gasteiger partial charge in [0.1, 0.15) is 0 Å². The molecule has 0 saturated heterocycles. The zero-order chi connectivity index (χ0) is 13.1. The van der Waals surface area contributed by atoms with E-state index in [-0.39, 0.29) is 6.09 Å². The summed E-state index contributed by atoms with van der Waals surface area (Å²) in [5.41, 5.74) is 2.10. The van der Waals surface area contributed by atoms with Gasteiger partial charge in [-0.05, 0) is 25.2 Å².